The Morgan fingerprint density at radius 2 is 1.61 bits per heavy atom. The average Bonchev–Trinajstić information content (AvgIpc) is 2.81. The first-order chi connectivity index (χ1) is 14.9. The van der Waals surface area contributed by atoms with E-state index in [2.05, 4.69) is 5.32 Å². The minimum absolute atomic E-state index is 0.162. The number of morpholine rings is 1. The van der Waals surface area contributed by atoms with Gasteiger partial charge in [0, 0.05) is 32.0 Å². The van der Waals surface area contributed by atoms with Gasteiger partial charge in [0.15, 0.2) is 0 Å². The van der Waals surface area contributed by atoms with E-state index in [9.17, 15) is 17.6 Å². The molecule has 0 unspecified atom stereocenters. The third kappa shape index (κ3) is 4.36. The number of carbonyl (C=O) groups is 1. The number of hydrogen-bond acceptors (Lipinski definition) is 5. The molecule has 2 fully saturated rings. The number of benzene rings is 2. The number of halogens is 1. The summed E-state index contributed by atoms with van der Waals surface area (Å²) >= 11 is 0. The van der Waals surface area contributed by atoms with Gasteiger partial charge in [-0.15, -0.1) is 0 Å². The second-order valence-corrected chi connectivity index (χ2v) is 9.58. The number of ether oxygens (including phenoxy) is 2. The van der Waals surface area contributed by atoms with Gasteiger partial charge >= 0.3 is 0 Å². The van der Waals surface area contributed by atoms with E-state index in [4.69, 9.17) is 9.47 Å². The summed E-state index contributed by atoms with van der Waals surface area (Å²) in [5, 5.41) is 2.82. The van der Waals surface area contributed by atoms with E-state index >= 15 is 0 Å². The van der Waals surface area contributed by atoms with E-state index in [0.29, 0.717) is 26.1 Å². The second-order valence-electron chi connectivity index (χ2n) is 7.68. The molecule has 0 spiro atoms. The molecule has 2 aliphatic heterocycles. The molecule has 7 nitrogen and oxygen atoms in total. The molecule has 4 rings (SSSR count). The van der Waals surface area contributed by atoms with Crippen molar-refractivity contribution >= 4 is 21.6 Å². The number of amides is 1. The molecule has 2 saturated heterocycles. The third-order valence-corrected chi connectivity index (χ3v) is 7.80. The van der Waals surface area contributed by atoms with Crippen molar-refractivity contribution in [3.63, 3.8) is 0 Å². The van der Waals surface area contributed by atoms with Crippen molar-refractivity contribution in [3.05, 3.63) is 59.9 Å². The van der Waals surface area contributed by atoms with Crippen LogP contribution >= 0.6 is 0 Å². The van der Waals surface area contributed by atoms with E-state index in [1.807, 2.05) is 30.3 Å². The molecule has 9 heteroatoms. The van der Waals surface area contributed by atoms with Crippen LogP contribution in [-0.4, -0.2) is 58.1 Å². The van der Waals surface area contributed by atoms with Crippen molar-refractivity contribution < 1.29 is 27.1 Å². The van der Waals surface area contributed by atoms with E-state index in [-0.39, 0.29) is 37.9 Å². The Balaban J connectivity index is 1.63. The van der Waals surface area contributed by atoms with Crippen LogP contribution < -0.4 is 5.32 Å². The maximum Gasteiger partial charge on any atom is 0.246 e. The molecule has 1 N–H and O–H groups in total. The van der Waals surface area contributed by atoms with Crippen LogP contribution in [0.4, 0.5) is 10.1 Å². The highest BCUT2D eigenvalue weighted by Crippen LogP contribution is 2.36. The largest absolute Gasteiger partial charge is 0.381 e. The van der Waals surface area contributed by atoms with Gasteiger partial charge in [0.1, 0.15) is 10.7 Å². The van der Waals surface area contributed by atoms with Gasteiger partial charge in [-0.05, 0) is 36.6 Å². The van der Waals surface area contributed by atoms with Gasteiger partial charge in [-0.25, -0.2) is 12.8 Å². The molecular weight excluding hydrogens is 423 g/mol. The zero-order chi connectivity index (χ0) is 21.9. The van der Waals surface area contributed by atoms with Crippen molar-refractivity contribution in [2.24, 2.45) is 0 Å². The molecule has 31 heavy (non-hydrogen) atoms. The van der Waals surface area contributed by atoms with Crippen LogP contribution in [0, 0.1) is 5.82 Å². The van der Waals surface area contributed by atoms with Gasteiger partial charge in [-0.3, -0.25) is 4.79 Å². The number of carbonyl (C=O) groups excluding carboxylic acids is 1. The van der Waals surface area contributed by atoms with Crippen LogP contribution in [-0.2, 0) is 29.7 Å². The van der Waals surface area contributed by atoms with Crippen LogP contribution in [0.5, 0.6) is 0 Å². The molecule has 2 aromatic rings. The number of anilines is 1. The van der Waals surface area contributed by atoms with Gasteiger partial charge in [-0.1, -0.05) is 30.3 Å². The highest BCUT2D eigenvalue weighted by atomic mass is 32.2. The lowest BCUT2D eigenvalue weighted by Gasteiger charge is -2.36. The first kappa shape index (κ1) is 21.9. The fraction of sp³-hybridized carbons (Fsp3) is 0.409. The first-order valence-electron chi connectivity index (χ1n) is 10.3. The minimum atomic E-state index is -4.04. The number of nitrogens with zero attached hydrogens (tertiary/aromatic N) is 1. The quantitative estimate of drug-likeness (QED) is 0.760. The molecule has 166 valence electrons. The molecule has 2 aliphatic rings. The third-order valence-electron chi connectivity index (χ3n) is 5.88. The normalized spacial score (nSPS) is 19.6. The number of sulfonamides is 1. The van der Waals surface area contributed by atoms with E-state index in [0.717, 1.165) is 11.6 Å². The van der Waals surface area contributed by atoms with Gasteiger partial charge in [0.25, 0.3) is 0 Å². The fourth-order valence-corrected chi connectivity index (χ4v) is 5.58. The van der Waals surface area contributed by atoms with Crippen LogP contribution in [0.2, 0.25) is 0 Å². The molecular formula is C22H25FN2O5S. The molecule has 0 radical (unpaired) electrons. The van der Waals surface area contributed by atoms with Crippen LogP contribution in [0.3, 0.4) is 0 Å². The van der Waals surface area contributed by atoms with Gasteiger partial charge < -0.3 is 14.8 Å². The summed E-state index contributed by atoms with van der Waals surface area (Å²) in [5.41, 5.74) is 0.316. The second kappa shape index (κ2) is 9.04. The van der Waals surface area contributed by atoms with Crippen molar-refractivity contribution in [2.45, 2.75) is 23.2 Å². The predicted molar refractivity (Wildman–Crippen MR) is 113 cm³/mol. The molecule has 2 aromatic carbocycles. The molecule has 0 aromatic heterocycles. The predicted octanol–water partition coefficient (Wildman–Crippen LogP) is 2.53. The topological polar surface area (TPSA) is 84.9 Å². The highest BCUT2D eigenvalue weighted by Gasteiger charge is 2.42. The van der Waals surface area contributed by atoms with E-state index in [1.54, 1.807) is 0 Å². The average molecular weight is 449 g/mol. The zero-order valence-corrected chi connectivity index (χ0v) is 17.9. The fourth-order valence-electron chi connectivity index (χ4n) is 4.08. The van der Waals surface area contributed by atoms with Crippen molar-refractivity contribution in [3.8, 4) is 0 Å². The summed E-state index contributed by atoms with van der Waals surface area (Å²) in [6, 6.07) is 13.1. The van der Waals surface area contributed by atoms with Crippen molar-refractivity contribution in [1.29, 1.82) is 0 Å². The number of nitrogens with one attached hydrogen (secondary N) is 1. The Labute approximate surface area is 181 Å². The Hall–Kier alpha value is -2.33. The standard InChI is InChI=1S/C22H25FN2O5S/c23-19-7-6-18(16-20(19)31(27,28)25-10-14-30-15-11-25)24-21(26)22(8-12-29-13-9-22)17-4-2-1-3-5-17/h1-7,16H,8-15H2,(H,24,26). The Morgan fingerprint density at radius 1 is 0.968 bits per heavy atom. The zero-order valence-electron chi connectivity index (χ0n) is 17.1. The lowest BCUT2D eigenvalue weighted by Crippen LogP contribution is -2.45. The highest BCUT2D eigenvalue weighted by molar-refractivity contribution is 7.89. The molecule has 1 amide bonds. The summed E-state index contributed by atoms with van der Waals surface area (Å²) in [6.45, 7) is 1.74. The molecule has 0 atom stereocenters. The molecule has 0 aliphatic carbocycles. The number of rotatable bonds is 5. The SMILES string of the molecule is O=C(Nc1ccc(F)c(S(=O)(=O)N2CCOCC2)c1)C1(c2ccccc2)CCOCC1. The Morgan fingerprint density at radius 3 is 2.29 bits per heavy atom. The summed E-state index contributed by atoms with van der Waals surface area (Å²) < 4.78 is 52.2. The summed E-state index contributed by atoms with van der Waals surface area (Å²) in [4.78, 5) is 12.9. The Bertz CT molecular complexity index is 1030. The van der Waals surface area contributed by atoms with Gasteiger partial charge in [0.05, 0.1) is 18.6 Å². The Kier molecular flexibility index (Phi) is 6.38. The lowest BCUT2D eigenvalue weighted by molar-refractivity contribution is -0.125. The minimum Gasteiger partial charge on any atom is -0.381 e. The monoisotopic (exact) mass is 448 g/mol. The smallest absolute Gasteiger partial charge is 0.246 e. The van der Waals surface area contributed by atoms with Gasteiger partial charge in [-0.2, -0.15) is 4.31 Å². The summed E-state index contributed by atoms with van der Waals surface area (Å²) in [7, 11) is -4.04. The number of hydrogen-bond donors (Lipinski definition) is 1. The van der Waals surface area contributed by atoms with E-state index < -0.39 is 26.2 Å². The van der Waals surface area contributed by atoms with Crippen LogP contribution in [0.1, 0.15) is 18.4 Å². The molecule has 0 saturated carbocycles. The van der Waals surface area contributed by atoms with E-state index in [1.165, 1.54) is 16.4 Å². The maximum atomic E-state index is 14.5. The first-order valence-corrected chi connectivity index (χ1v) is 11.7. The lowest BCUT2D eigenvalue weighted by atomic mass is 9.73. The van der Waals surface area contributed by atoms with Crippen LogP contribution in [0.25, 0.3) is 0 Å². The maximum absolute atomic E-state index is 14.5. The van der Waals surface area contributed by atoms with Crippen molar-refractivity contribution in [2.75, 3.05) is 44.8 Å². The van der Waals surface area contributed by atoms with Gasteiger partial charge in [0.2, 0.25) is 15.9 Å². The van der Waals surface area contributed by atoms with Crippen molar-refractivity contribution in [1.82, 2.24) is 4.31 Å². The van der Waals surface area contributed by atoms with Crippen LogP contribution in [0.15, 0.2) is 53.4 Å². The summed E-state index contributed by atoms with van der Waals surface area (Å²) in [6.07, 6.45) is 1.01. The molecule has 2 heterocycles. The molecule has 0 bridgehead atoms. The summed E-state index contributed by atoms with van der Waals surface area (Å²) in [5.74, 6) is -1.11.